The summed E-state index contributed by atoms with van der Waals surface area (Å²) in [6, 6.07) is 9.05. The van der Waals surface area contributed by atoms with E-state index in [0.717, 1.165) is 6.42 Å². The highest BCUT2D eigenvalue weighted by atomic mass is 16.2. The van der Waals surface area contributed by atoms with Crippen molar-refractivity contribution in [2.75, 3.05) is 4.90 Å². The maximum absolute atomic E-state index is 12.1. The highest BCUT2D eigenvalue weighted by Crippen LogP contribution is 2.27. The summed E-state index contributed by atoms with van der Waals surface area (Å²) in [4.78, 5) is 25.3. The molecule has 18 heavy (non-hydrogen) atoms. The highest BCUT2D eigenvalue weighted by Gasteiger charge is 2.38. The minimum absolute atomic E-state index is 0.128. The van der Waals surface area contributed by atoms with Crippen molar-refractivity contribution in [3.8, 4) is 11.8 Å². The van der Waals surface area contributed by atoms with Gasteiger partial charge >= 0.3 is 0 Å². The van der Waals surface area contributed by atoms with E-state index in [4.69, 9.17) is 0 Å². The molecule has 0 radical (unpaired) electrons. The van der Waals surface area contributed by atoms with Crippen LogP contribution in [0.3, 0.4) is 0 Å². The summed E-state index contributed by atoms with van der Waals surface area (Å²) in [6.45, 7) is 1.96. The monoisotopic (exact) mass is 241 g/mol. The van der Waals surface area contributed by atoms with Crippen molar-refractivity contribution in [2.24, 2.45) is 5.92 Å². The van der Waals surface area contributed by atoms with E-state index in [2.05, 4.69) is 11.8 Å². The largest absolute Gasteiger partial charge is 0.274 e. The molecular weight excluding hydrogens is 226 g/mol. The van der Waals surface area contributed by atoms with Gasteiger partial charge in [-0.3, -0.25) is 14.5 Å². The number of hydrogen-bond acceptors (Lipinski definition) is 2. The SMILES string of the molecule is CCC#CCC1CC(=O)N(c2ccccc2)C1=O. The minimum Gasteiger partial charge on any atom is -0.274 e. The van der Waals surface area contributed by atoms with Gasteiger partial charge in [-0.2, -0.15) is 0 Å². The first kappa shape index (κ1) is 12.4. The van der Waals surface area contributed by atoms with Gasteiger partial charge < -0.3 is 0 Å². The number of para-hydroxylation sites is 1. The summed E-state index contributed by atoms with van der Waals surface area (Å²) in [5, 5.41) is 0. The Morgan fingerprint density at radius 1 is 1.22 bits per heavy atom. The van der Waals surface area contributed by atoms with E-state index >= 15 is 0 Å². The van der Waals surface area contributed by atoms with Gasteiger partial charge in [0, 0.05) is 19.3 Å². The summed E-state index contributed by atoms with van der Waals surface area (Å²) < 4.78 is 0. The summed E-state index contributed by atoms with van der Waals surface area (Å²) in [6.07, 6.45) is 1.52. The van der Waals surface area contributed by atoms with E-state index in [1.54, 1.807) is 12.1 Å². The number of benzene rings is 1. The predicted octanol–water partition coefficient (Wildman–Crippen LogP) is 2.37. The lowest BCUT2D eigenvalue weighted by atomic mass is 10.0. The van der Waals surface area contributed by atoms with Crippen LogP contribution >= 0.6 is 0 Å². The predicted molar refractivity (Wildman–Crippen MR) is 69.7 cm³/mol. The summed E-state index contributed by atoms with van der Waals surface area (Å²) in [5.74, 6) is 5.34. The smallest absolute Gasteiger partial charge is 0.238 e. The van der Waals surface area contributed by atoms with Crippen molar-refractivity contribution in [1.29, 1.82) is 0 Å². The van der Waals surface area contributed by atoms with Crippen molar-refractivity contribution < 1.29 is 9.59 Å². The van der Waals surface area contributed by atoms with E-state index in [1.165, 1.54) is 4.90 Å². The maximum Gasteiger partial charge on any atom is 0.238 e. The van der Waals surface area contributed by atoms with Gasteiger partial charge in [0.2, 0.25) is 11.8 Å². The normalized spacial score (nSPS) is 18.7. The third-order valence-electron chi connectivity index (χ3n) is 2.90. The number of anilines is 1. The van der Waals surface area contributed by atoms with Gasteiger partial charge in [-0.15, -0.1) is 11.8 Å². The molecule has 1 aliphatic heterocycles. The van der Waals surface area contributed by atoms with Crippen LogP contribution in [0.1, 0.15) is 26.2 Å². The van der Waals surface area contributed by atoms with Crippen LogP contribution in [0.25, 0.3) is 0 Å². The fraction of sp³-hybridized carbons (Fsp3) is 0.333. The summed E-state index contributed by atoms with van der Waals surface area (Å²) in [5.41, 5.74) is 0.651. The van der Waals surface area contributed by atoms with Gasteiger partial charge in [-0.25, -0.2) is 0 Å². The molecule has 0 aromatic heterocycles. The lowest BCUT2D eigenvalue weighted by Crippen LogP contribution is -2.30. The van der Waals surface area contributed by atoms with Crippen LogP contribution in [0.5, 0.6) is 0 Å². The van der Waals surface area contributed by atoms with Crippen molar-refractivity contribution in [2.45, 2.75) is 26.2 Å². The molecule has 3 heteroatoms. The Labute approximate surface area is 107 Å². The van der Waals surface area contributed by atoms with Gasteiger partial charge in [0.25, 0.3) is 0 Å². The molecule has 1 fully saturated rings. The third kappa shape index (κ3) is 2.43. The molecule has 0 spiro atoms. The molecule has 3 nitrogen and oxygen atoms in total. The van der Waals surface area contributed by atoms with Crippen LogP contribution in [0.2, 0.25) is 0 Å². The van der Waals surface area contributed by atoms with Crippen molar-refractivity contribution in [3.63, 3.8) is 0 Å². The van der Waals surface area contributed by atoms with E-state index in [0.29, 0.717) is 12.1 Å². The Bertz CT molecular complexity index is 510. The molecule has 1 saturated heterocycles. The quantitative estimate of drug-likeness (QED) is 0.589. The topological polar surface area (TPSA) is 37.4 Å². The molecule has 0 aliphatic carbocycles. The third-order valence-corrected chi connectivity index (χ3v) is 2.90. The summed E-state index contributed by atoms with van der Waals surface area (Å²) >= 11 is 0. The molecule has 2 rings (SSSR count). The lowest BCUT2D eigenvalue weighted by Gasteiger charge is -2.14. The molecule has 1 unspecified atom stereocenters. The fourth-order valence-electron chi connectivity index (χ4n) is 2.02. The van der Waals surface area contributed by atoms with Gasteiger partial charge in [-0.05, 0) is 12.1 Å². The second-order valence-electron chi connectivity index (χ2n) is 4.22. The summed E-state index contributed by atoms with van der Waals surface area (Å²) in [7, 11) is 0. The number of amides is 2. The number of carbonyl (C=O) groups excluding carboxylic acids is 2. The number of nitrogens with zero attached hydrogens (tertiary/aromatic N) is 1. The van der Waals surface area contributed by atoms with Crippen molar-refractivity contribution in [1.82, 2.24) is 0 Å². The minimum atomic E-state index is -0.281. The zero-order valence-corrected chi connectivity index (χ0v) is 10.3. The van der Waals surface area contributed by atoms with Gasteiger partial charge in [0.15, 0.2) is 0 Å². The zero-order chi connectivity index (χ0) is 13.0. The molecule has 1 atom stereocenters. The average molecular weight is 241 g/mol. The van der Waals surface area contributed by atoms with Crippen LogP contribution in [-0.2, 0) is 9.59 Å². The Kier molecular flexibility index (Phi) is 3.78. The number of rotatable bonds is 2. The highest BCUT2D eigenvalue weighted by molar-refractivity contribution is 6.20. The molecule has 2 amide bonds. The van der Waals surface area contributed by atoms with Crippen molar-refractivity contribution in [3.05, 3.63) is 30.3 Å². The van der Waals surface area contributed by atoms with Crippen LogP contribution < -0.4 is 4.90 Å². The average Bonchev–Trinajstić information content (AvgIpc) is 2.66. The molecular formula is C15H15NO2. The van der Waals surface area contributed by atoms with Crippen molar-refractivity contribution >= 4 is 17.5 Å². The molecule has 92 valence electrons. The number of carbonyl (C=O) groups is 2. The van der Waals surface area contributed by atoms with Gasteiger partial charge in [0.05, 0.1) is 11.6 Å². The first-order valence-corrected chi connectivity index (χ1v) is 6.11. The fourth-order valence-corrected chi connectivity index (χ4v) is 2.02. The first-order valence-electron chi connectivity index (χ1n) is 6.11. The first-order chi connectivity index (χ1) is 8.74. The molecule has 1 aromatic carbocycles. The standard InChI is InChI=1S/C15H15NO2/c1-2-3-5-8-12-11-14(17)16(15(12)18)13-9-6-4-7-10-13/h4,6-7,9-10,12H,2,8,11H2,1H3. The lowest BCUT2D eigenvalue weighted by molar-refractivity contribution is -0.122. The maximum atomic E-state index is 12.1. The molecule has 0 bridgehead atoms. The van der Waals surface area contributed by atoms with E-state index in [9.17, 15) is 9.59 Å². The molecule has 1 aliphatic rings. The Balaban J connectivity index is 2.15. The van der Waals surface area contributed by atoms with Crippen LogP contribution in [-0.4, -0.2) is 11.8 Å². The number of imide groups is 1. The molecule has 0 saturated carbocycles. The van der Waals surface area contributed by atoms with Gasteiger partial charge in [-0.1, -0.05) is 25.1 Å². The Morgan fingerprint density at radius 3 is 2.61 bits per heavy atom. The Hall–Kier alpha value is -2.08. The zero-order valence-electron chi connectivity index (χ0n) is 10.3. The van der Waals surface area contributed by atoms with E-state index in [-0.39, 0.29) is 24.2 Å². The van der Waals surface area contributed by atoms with Crippen LogP contribution in [0.15, 0.2) is 30.3 Å². The van der Waals surface area contributed by atoms with Crippen LogP contribution in [0, 0.1) is 17.8 Å². The molecule has 1 heterocycles. The van der Waals surface area contributed by atoms with Gasteiger partial charge in [0.1, 0.15) is 0 Å². The Morgan fingerprint density at radius 2 is 1.94 bits per heavy atom. The van der Waals surface area contributed by atoms with E-state index < -0.39 is 0 Å². The van der Waals surface area contributed by atoms with Crippen LogP contribution in [0.4, 0.5) is 5.69 Å². The van der Waals surface area contributed by atoms with E-state index in [1.807, 2.05) is 25.1 Å². The number of hydrogen-bond donors (Lipinski definition) is 0. The second kappa shape index (κ2) is 5.50. The molecule has 1 aromatic rings. The molecule has 0 N–H and O–H groups in total. The second-order valence-corrected chi connectivity index (χ2v) is 4.22.